The summed E-state index contributed by atoms with van der Waals surface area (Å²) < 4.78 is 3.21. The van der Waals surface area contributed by atoms with E-state index >= 15 is 0 Å². The van der Waals surface area contributed by atoms with Crippen molar-refractivity contribution in [3.63, 3.8) is 0 Å². The predicted octanol–water partition coefficient (Wildman–Crippen LogP) is 2.86. The zero-order chi connectivity index (χ0) is 23.8. The van der Waals surface area contributed by atoms with E-state index in [-0.39, 0.29) is 23.4 Å². The van der Waals surface area contributed by atoms with E-state index in [9.17, 15) is 14.4 Å². The van der Waals surface area contributed by atoms with Crippen LogP contribution < -0.4 is 16.3 Å². The van der Waals surface area contributed by atoms with Crippen LogP contribution in [-0.2, 0) is 11.3 Å². The summed E-state index contributed by atoms with van der Waals surface area (Å²) in [4.78, 5) is 41.3. The van der Waals surface area contributed by atoms with E-state index in [0.29, 0.717) is 35.4 Å². The number of imidazole rings is 1. The highest BCUT2D eigenvalue weighted by Crippen LogP contribution is 2.50. The highest BCUT2D eigenvalue weighted by Gasteiger charge is 2.48. The van der Waals surface area contributed by atoms with Crippen LogP contribution in [0.2, 0.25) is 0 Å². The van der Waals surface area contributed by atoms with Crippen LogP contribution in [0.15, 0.2) is 47.5 Å². The monoisotopic (exact) mass is 462 g/mol. The topological polar surface area (TPSA) is 114 Å². The van der Waals surface area contributed by atoms with Crippen molar-refractivity contribution in [1.82, 2.24) is 24.6 Å². The van der Waals surface area contributed by atoms with Gasteiger partial charge >= 0.3 is 5.69 Å². The minimum absolute atomic E-state index is 0.141. The Balaban J connectivity index is 1.36. The molecule has 3 aromatic rings. The number of carbonyl (C=O) groups is 2. The summed E-state index contributed by atoms with van der Waals surface area (Å²) in [6.45, 7) is 4.36. The van der Waals surface area contributed by atoms with Crippen LogP contribution in [0, 0.1) is 24.7 Å². The Morgan fingerprint density at radius 2 is 1.79 bits per heavy atom. The number of nitrogens with zero attached hydrogens (tertiary/aromatic N) is 3. The van der Waals surface area contributed by atoms with Gasteiger partial charge in [0.1, 0.15) is 11.7 Å². The van der Waals surface area contributed by atoms with Gasteiger partial charge in [-0.3, -0.25) is 18.8 Å². The number of rotatable bonds is 9. The number of aryl methyl sites for hydroxylation is 2. The maximum Gasteiger partial charge on any atom is 0.330 e. The Labute approximate surface area is 197 Å². The summed E-state index contributed by atoms with van der Waals surface area (Å²) >= 11 is 0. The van der Waals surface area contributed by atoms with Crippen LogP contribution in [0.25, 0.3) is 5.69 Å². The zero-order valence-electron chi connectivity index (χ0n) is 19.5. The van der Waals surface area contributed by atoms with E-state index in [4.69, 9.17) is 0 Å². The second-order valence-corrected chi connectivity index (χ2v) is 9.34. The zero-order valence-corrected chi connectivity index (χ0v) is 19.5. The third-order valence-electron chi connectivity index (χ3n) is 6.89. The molecular formula is C25H30N6O3. The summed E-state index contributed by atoms with van der Waals surface area (Å²) in [5, 5.41) is 10.2. The number of hydrogen-bond donors (Lipinski definition) is 3. The number of carbonyl (C=O) groups excluding carboxylic acids is 2. The number of nitrogens with one attached hydrogen (secondary N) is 3. The summed E-state index contributed by atoms with van der Waals surface area (Å²) in [7, 11) is 0. The van der Waals surface area contributed by atoms with Gasteiger partial charge in [0.25, 0.3) is 5.91 Å². The van der Waals surface area contributed by atoms with Crippen molar-refractivity contribution in [3.8, 4) is 5.69 Å². The molecule has 178 valence electrons. The molecule has 0 radical (unpaired) electrons. The summed E-state index contributed by atoms with van der Waals surface area (Å²) in [5.41, 5.74) is 2.39. The Morgan fingerprint density at radius 1 is 1.12 bits per heavy atom. The van der Waals surface area contributed by atoms with Crippen LogP contribution >= 0.6 is 0 Å². The maximum absolute atomic E-state index is 13.5. The molecule has 2 amide bonds. The van der Waals surface area contributed by atoms with Crippen molar-refractivity contribution in [2.75, 3.05) is 5.32 Å². The van der Waals surface area contributed by atoms with Gasteiger partial charge in [-0.2, -0.15) is 5.10 Å². The third kappa shape index (κ3) is 4.42. The predicted molar refractivity (Wildman–Crippen MR) is 128 cm³/mol. The van der Waals surface area contributed by atoms with Crippen molar-refractivity contribution in [2.45, 2.75) is 52.1 Å². The van der Waals surface area contributed by atoms with Crippen LogP contribution in [-0.4, -0.2) is 37.2 Å². The molecule has 5 rings (SSSR count). The molecule has 1 aromatic carbocycles. The van der Waals surface area contributed by atoms with E-state index in [1.807, 2.05) is 13.8 Å². The van der Waals surface area contributed by atoms with Crippen LogP contribution in [0.4, 0.5) is 5.69 Å². The average molecular weight is 463 g/mol. The van der Waals surface area contributed by atoms with Gasteiger partial charge in [0.2, 0.25) is 5.91 Å². The van der Waals surface area contributed by atoms with E-state index in [2.05, 4.69) is 20.7 Å². The van der Waals surface area contributed by atoms with Gasteiger partial charge in [-0.05, 0) is 87.6 Å². The average Bonchev–Trinajstić information content (AvgIpc) is 3.76. The fourth-order valence-electron chi connectivity index (χ4n) is 4.91. The first-order chi connectivity index (χ1) is 16.5. The van der Waals surface area contributed by atoms with Gasteiger partial charge in [0, 0.05) is 30.3 Å². The van der Waals surface area contributed by atoms with Crippen molar-refractivity contribution in [3.05, 3.63) is 64.6 Å². The standard InChI is InChI=1S/C25H30N6O3/c1-3-30-20(12-13-27-30)23(32)29-22(21(16-4-5-16)17-6-7-17)24(33)28-18-8-10-19(11-9-18)31-15(2)14-26-25(31)34/h8-14,16-17,21-22H,3-7H2,1-2H3,(H,26,34)(H,28,33)(H,29,32)/t22-/m0/s1. The largest absolute Gasteiger partial charge is 0.339 e. The first kappa shape index (κ1) is 22.2. The minimum atomic E-state index is -0.609. The highest BCUT2D eigenvalue weighted by atomic mass is 16.2. The Hall–Kier alpha value is -3.62. The SMILES string of the molecule is CCn1nccc1C(=O)N[C@H](C(=O)Nc1ccc(-n2c(C)c[nH]c2=O)cc1)C(C1CC1)C1CC1. The molecular weight excluding hydrogens is 432 g/mol. The smallest absolute Gasteiger partial charge is 0.330 e. The summed E-state index contributed by atoms with van der Waals surface area (Å²) in [6.07, 6.45) is 7.68. The molecule has 0 spiro atoms. The van der Waals surface area contributed by atoms with E-state index in [1.54, 1.807) is 52.0 Å². The van der Waals surface area contributed by atoms with Crippen LogP contribution in [0.3, 0.4) is 0 Å². The number of benzene rings is 1. The minimum Gasteiger partial charge on any atom is -0.339 e. The molecule has 9 heteroatoms. The molecule has 2 aromatic heterocycles. The van der Waals surface area contributed by atoms with Gasteiger partial charge in [0.15, 0.2) is 0 Å². The Morgan fingerprint density at radius 3 is 2.35 bits per heavy atom. The molecule has 0 unspecified atom stereocenters. The molecule has 34 heavy (non-hydrogen) atoms. The summed E-state index contributed by atoms with van der Waals surface area (Å²) in [6, 6.07) is 8.22. The molecule has 1 atom stereocenters. The molecule has 9 nitrogen and oxygen atoms in total. The third-order valence-corrected chi connectivity index (χ3v) is 6.89. The van der Waals surface area contributed by atoms with Crippen LogP contribution in [0.1, 0.15) is 48.8 Å². The van der Waals surface area contributed by atoms with Crippen molar-refractivity contribution < 1.29 is 9.59 Å². The molecule has 2 fully saturated rings. The van der Waals surface area contributed by atoms with Crippen molar-refractivity contribution in [1.29, 1.82) is 0 Å². The van der Waals surface area contributed by atoms with E-state index in [0.717, 1.165) is 31.4 Å². The number of aromatic amines is 1. The van der Waals surface area contributed by atoms with Gasteiger partial charge in [-0.1, -0.05) is 0 Å². The number of H-pyrrole nitrogens is 1. The fraction of sp³-hybridized carbons (Fsp3) is 0.440. The van der Waals surface area contributed by atoms with Gasteiger partial charge in [0.05, 0.1) is 5.69 Å². The van der Waals surface area contributed by atoms with Gasteiger partial charge in [-0.15, -0.1) is 0 Å². The number of hydrogen-bond acceptors (Lipinski definition) is 4. The molecule has 2 heterocycles. The molecule has 2 aliphatic carbocycles. The quantitative estimate of drug-likeness (QED) is 0.454. The number of anilines is 1. The van der Waals surface area contributed by atoms with Crippen molar-refractivity contribution >= 4 is 17.5 Å². The molecule has 0 saturated heterocycles. The molecule has 2 aliphatic rings. The molecule has 3 N–H and O–H groups in total. The fourth-order valence-corrected chi connectivity index (χ4v) is 4.91. The van der Waals surface area contributed by atoms with Gasteiger partial charge < -0.3 is 15.6 Å². The second-order valence-electron chi connectivity index (χ2n) is 9.34. The van der Waals surface area contributed by atoms with Gasteiger partial charge in [-0.25, -0.2) is 4.79 Å². The summed E-state index contributed by atoms with van der Waals surface area (Å²) in [5.74, 6) is 0.615. The van der Waals surface area contributed by atoms with E-state index < -0.39 is 6.04 Å². The number of amides is 2. The van der Waals surface area contributed by atoms with Crippen molar-refractivity contribution in [2.24, 2.45) is 17.8 Å². The lowest BCUT2D eigenvalue weighted by Gasteiger charge is -2.27. The maximum atomic E-state index is 13.5. The molecule has 0 aliphatic heterocycles. The first-order valence-electron chi connectivity index (χ1n) is 12.0. The molecule has 2 saturated carbocycles. The lowest BCUT2D eigenvalue weighted by Crippen LogP contribution is -2.50. The lowest BCUT2D eigenvalue weighted by molar-refractivity contribution is -0.119. The Kier molecular flexibility index (Phi) is 5.85. The lowest BCUT2D eigenvalue weighted by atomic mass is 9.88. The second kappa shape index (κ2) is 8.96. The molecule has 0 bridgehead atoms. The van der Waals surface area contributed by atoms with E-state index in [1.165, 1.54) is 0 Å². The number of aromatic nitrogens is 4. The Bertz CT molecular complexity index is 1230. The van der Waals surface area contributed by atoms with Crippen LogP contribution in [0.5, 0.6) is 0 Å². The first-order valence-corrected chi connectivity index (χ1v) is 12.0. The normalized spacial score (nSPS) is 16.4. The highest BCUT2D eigenvalue weighted by molar-refractivity contribution is 6.00.